The topological polar surface area (TPSA) is 97.5 Å². The number of thioether (sulfide) groups is 1. The molecule has 0 atom stereocenters. The minimum Gasteiger partial charge on any atom is -0.268 e. The molecule has 1 aliphatic heterocycles. The predicted octanol–water partition coefficient (Wildman–Crippen LogP) is 5.90. The van der Waals surface area contributed by atoms with E-state index in [1.807, 2.05) is 54.6 Å². The van der Waals surface area contributed by atoms with E-state index in [0.29, 0.717) is 16.0 Å². The maximum Gasteiger partial charge on any atom is 0.293 e. The Morgan fingerprint density at radius 1 is 0.730 bits per heavy atom. The van der Waals surface area contributed by atoms with E-state index in [1.165, 1.54) is 11.0 Å². The summed E-state index contributed by atoms with van der Waals surface area (Å²) in [5.74, 6) is -0.342. The lowest BCUT2D eigenvalue weighted by Gasteiger charge is -2.13. The molecule has 1 heterocycles. The van der Waals surface area contributed by atoms with Crippen LogP contribution < -0.4 is 5.14 Å². The Labute approximate surface area is 219 Å². The molecule has 37 heavy (non-hydrogen) atoms. The van der Waals surface area contributed by atoms with Gasteiger partial charge in [-0.25, -0.2) is 13.6 Å². The van der Waals surface area contributed by atoms with E-state index in [9.17, 15) is 18.0 Å². The van der Waals surface area contributed by atoms with Crippen LogP contribution in [0.15, 0.2) is 113 Å². The van der Waals surface area contributed by atoms with Crippen LogP contribution >= 0.6 is 11.8 Å². The molecule has 184 valence electrons. The first-order chi connectivity index (χ1) is 17.8. The minimum atomic E-state index is -3.88. The number of hydrogen-bond donors (Lipinski definition) is 1. The molecule has 0 saturated carbocycles. The van der Waals surface area contributed by atoms with Crippen molar-refractivity contribution in [1.29, 1.82) is 0 Å². The highest BCUT2D eigenvalue weighted by molar-refractivity contribution is 8.18. The second kappa shape index (κ2) is 10.2. The van der Waals surface area contributed by atoms with Crippen molar-refractivity contribution in [3.63, 3.8) is 0 Å². The van der Waals surface area contributed by atoms with E-state index in [0.717, 1.165) is 34.0 Å². The van der Waals surface area contributed by atoms with Gasteiger partial charge in [-0.3, -0.25) is 14.5 Å². The van der Waals surface area contributed by atoms with Gasteiger partial charge in [0.05, 0.1) is 16.3 Å². The van der Waals surface area contributed by atoms with Gasteiger partial charge in [-0.05, 0) is 51.7 Å². The van der Waals surface area contributed by atoms with E-state index in [4.69, 9.17) is 5.14 Å². The Hall–Kier alpha value is -3.98. The number of nitrogens with zero attached hydrogens (tertiary/aromatic N) is 1. The van der Waals surface area contributed by atoms with Gasteiger partial charge in [-0.1, -0.05) is 97.1 Å². The van der Waals surface area contributed by atoms with Gasteiger partial charge in [-0.2, -0.15) is 0 Å². The fourth-order valence-electron chi connectivity index (χ4n) is 4.12. The van der Waals surface area contributed by atoms with Crippen LogP contribution in [0.1, 0.15) is 11.1 Å². The molecule has 5 rings (SSSR count). The number of benzene rings is 4. The Kier molecular flexibility index (Phi) is 6.80. The molecule has 0 unspecified atom stereocenters. The minimum absolute atomic E-state index is 0.0376. The van der Waals surface area contributed by atoms with Crippen LogP contribution in [0, 0.1) is 0 Å². The van der Waals surface area contributed by atoms with Gasteiger partial charge in [0.15, 0.2) is 0 Å². The largest absolute Gasteiger partial charge is 0.293 e. The molecule has 4 aromatic rings. The molecule has 2 N–H and O–H groups in total. The van der Waals surface area contributed by atoms with Crippen LogP contribution in [0.3, 0.4) is 0 Å². The monoisotopic (exact) mass is 526 g/mol. The average molecular weight is 527 g/mol. The highest BCUT2D eigenvalue weighted by Gasteiger charge is 2.35. The molecule has 6 nitrogen and oxygen atoms in total. The van der Waals surface area contributed by atoms with Crippen molar-refractivity contribution in [1.82, 2.24) is 4.90 Å². The zero-order valence-corrected chi connectivity index (χ0v) is 21.2. The molecular weight excluding hydrogens is 504 g/mol. The first-order valence-electron chi connectivity index (χ1n) is 11.4. The summed E-state index contributed by atoms with van der Waals surface area (Å²) in [6.45, 7) is 0.117. The molecule has 0 radical (unpaired) electrons. The number of sulfonamides is 1. The first kappa shape index (κ1) is 24.7. The van der Waals surface area contributed by atoms with Crippen LogP contribution in [0.25, 0.3) is 28.3 Å². The van der Waals surface area contributed by atoms with E-state index >= 15 is 0 Å². The first-order valence-corrected chi connectivity index (χ1v) is 13.8. The predicted molar refractivity (Wildman–Crippen MR) is 147 cm³/mol. The Morgan fingerprint density at radius 2 is 1.32 bits per heavy atom. The average Bonchev–Trinajstić information content (AvgIpc) is 3.17. The molecule has 1 fully saturated rings. The number of nitrogens with two attached hydrogens (primary N) is 1. The van der Waals surface area contributed by atoms with Crippen molar-refractivity contribution in [3.8, 4) is 22.3 Å². The number of amides is 2. The molecule has 0 aromatic heterocycles. The summed E-state index contributed by atoms with van der Waals surface area (Å²) in [7, 11) is -3.88. The normalized spacial score (nSPS) is 14.9. The molecule has 0 aliphatic carbocycles. The van der Waals surface area contributed by atoms with E-state index in [1.54, 1.807) is 48.5 Å². The molecule has 0 bridgehead atoms. The van der Waals surface area contributed by atoms with Crippen molar-refractivity contribution in [2.24, 2.45) is 5.14 Å². The molecule has 1 aliphatic rings. The maximum atomic E-state index is 13.0. The fraction of sp³-hybridized carbons (Fsp3) is 0.0345. The summed E-state index contributed by atoms with van der Waals surface area (Å²) in [4.78, 5) is 27.2. The van der Waals surface area contributed by atoms with Crippen molar-refractivity contribution in [2.45, 2.75) is 11.4 Å². The highest BCUT2D eigenvalue weighted by Crippen LogP contribution is 2.34. The number of imide groups is 1. The summed E-state index contributed by atoms with van der Waals surface area (Å²) in [6.07, 6.45) is 1.73. The van der Waals surface area contributed by atoms with Crippen molar-refractivity contribution < 1.29 is 18.0 Å². The van der Waals surface area contributed by atoms with Crippen LogP contribution in [-0.2, 0) is 21.4 Å². The third-order valence-corrected chi connectivity index (χ3v) is 7.86. The lowest BCUT2D eigenvalue weighted by atomic mass is 10.0. The summed E-state index contributed by atoms with van der Waals surface area (Å²) in [6, 6.07) is 31.4. The lowest BCUT2D eigenvalue weighted by Crippen LogP contribution is -2.27. The Bertz CT molecular complexity index is 1610. The zero-order valence-electron chi connectivity index (χ0n) is 19.6. The third-order valence-electron chi connectivity index (χ3n) is 5.99. The van der Waals surface area contributed by atoms with Crippen molar-refractivity contribution in [3.05, 3.63) is 119 Å². The second-order valence-corrected chi connectivity index (χ2v) is 11.0. The van der Waals surface area contributed by atoms with Gasteiger partial charge in [-0.15, -0.1) is 0 Å². The smallest absolute Gasteiger partial charge is 0.268 e. The standard InChI is InChI=1S/C29H22N2O4S2/c30-37(34,35)27-9-5-4-8-25(27)24-16-12-21(13-17-24)19-31-28(32)26(36-29(31)33)18-20-10-14-23(15-11-20)22-6-2-1-3-7-22/h1-18H,19H2,(H2,30,34,35)/b26-18-. The molecule has 1 saturated heterocycles. The van der Waals surface area contributed by atoms with E-state index < -0.39 is 10.0 Å². The molecule has 8 heteroatoms. The number of primary sulfonamides is 1. The van der Waals surface area contributed by atoms with Crippen molar-refractivity contribution in [2.75, 3.05) is 0 Å². The quantitative estimate of drug-likeness (QED) is 0.315. The fourth-order valence-corrected chi connectivity index (χ4v) is 5.71. The Balaban J connectivity index is 1.31. The van der Waals surface area contributed by atoms with Gasteiger partial charge < -0.3 is 0 Å². The van der Waals surface area contributed by atoms with Crippen LogP contribution in [0.5, 0.6) is 0 Å². The van der Waals surface area contributed by atoms with Gasteiger partial charge in [0.25, 0.3) is 11.1 Å². The van der Waals surface area contributed by atoms with Gasteiger partial charge >= 0.3 is 0 Å². The molecule has 4 aromatic carbocycles. The zero-order chi connectivity index (χ0) is 26.0. The number of rotatable bonds is 6. The van der Waals surface area contributed by atoms with Gasteiger partial charge in [0.2, 0.25) is 10.0 Å². The second-order valence-electron chi connectivity index (χ2n) is 8.49. The summed E-state index contributed by atoms with van der Waals surface area (Å²) < 4.78 is 23.9. The van der Waals surface area contributed by atoms with Gasteiger partial charge in [0.1, 0.15) is 0 Å². The van der Waals surface area contributed by atoms with E-state index in [2.05, 4.69) is 0 Å². The van der Waals surface area contributed by atoms with Crippen LogP contribution in [-0.4, -0.2) is 24.5 Å². The Morgan fingerprint density at radius 3 is 2.00 bits per heavy atom. The van der Waals surface area contributed by atoms with E-state index in [-0.39, 0.29) is 22.6 Å². The number of carbonyl (C=O) groups is 2. The lowest BCUT2D eigenvalue weighted by molar-refractivity contribution is -0.123. The summed E-state index contributed by atoms with van der Waals surface area (Å²) in [5.41, 5.74) is 4.91. The summed E-state index contributed by atoms with van der Waals surface area (Å²) in [5, 5.41) is 5.02. The van der Waals surface area contributed by atoms with Crippen LogP contribution in [0.2, 0.25) is 0 Å². The SMILES string of the molecule is NS(=O)(=O)c1ccccc1-c1ccc(CN2C(=O)S/C(=C\c3ccc(-c4ccccc4)cc3)C2=O)cc1. The number of carbonyl (C=O) groups excluding carboxylic acids is 2. The molecule has 2 amide bonds. The maximum absolute atomic E-state index is 13.0. The number of hydrogen-bond acceptors (Lipinski definition) is 5. The van der Waals surface area contributed by atoms with Gasteiger partial charge in [0, 0.05) is 5.56 Å². The summed E-state index contributed by atoms with van der Waals surface area (Å²) >= 11 is 0.919. The highest BCUT2D eigenvalue weighted by atomic mass is 32.2. The third kappa shape index (κ3) is 5.41. The van der Waals surface area contributed by atoms with Crippen LogP contribution in [0.4, 0.5) is 4.79 Å². The molecular formula is C29H22N2O4S2. The van der Waals surface area contributed by atoms with Crippen molar-refractivity contribution >= 4 is 39.0 Å². The molecule has 0 spiro atoms.